The van der Waals surface area contributed by atoms with Crippen LogP contribution in [0.2, 0.25) is 0 Å². The van der Waals surface area contributed by atoms with Crippen LogP contribution in [0.5, 0.6) is 5.75 Å². The molecule has 5 nitrogen and oxygen atoms in total. The second kappa shape index (κ2) is 7.80. The number of ether oxygens (including phenoxy) is 2. The number of fused-ring (bicyclic) bond motifs is 1. The molecule has 1 aliphatic rings. The molecule has 5 heteroatoms. The van der Waals surface area contributed by atoms with Gasteiger partial charge in [-0.05, 0) is 34.6 Å². The molecule has 158 valence electrons. The highest BCUT2D eigenvalue weighted by atomic mass is 16.5. The van der Waals surface area contributed by atoms with E-state index in [0.717, 1.165) is 16.7 Å². The Hall–Kier alpha value is -2.79. The van der Waals surface area contributed by atoms with Gasteiger partial charge >= 0.3 is 0 Å². The minimum absolute atomic E-state index is 0.0726. The van der Waals surface area contributed by atoms with Gasteiger partial charge in [-0.3, -0.25) is 4.79 Å². The number of morpholine rings is 1. The molecule has 0 saturated carbocycles. The zero-order chi connectivity index (χ0) is 21.5. The summed E-state index contributed by atoms with van der Waals surface area (Å²) in [5.74, 6) is 0.740. The average molecular weight is 408 g/mol. The lowest BCUT2D eigenvalue weighted by Gasteiger charge is -2.28. The average Bonchev–Trinajstić information content (AvgIpc) is 2.74. The normalized spacial score (nSPS) is 14.9. The topological polar surface area (TPSA) is 51.9 Å². The van der Waals surface area contributed by atoms with Crippen LogP contribution in [0.25, 0.3) is 22.1 Å². The molecule has 0 unspecified atom stereocenters. The Kier molecular flexibility index (Phi) is 5.33. The third-order valence-electron chi connectivity index (χ3n) is 5.75. The molecule has 1 saturated heterocycles. The van der Waals surface area contributed by atoms with Gasteiger partial charge in [-0.15, -0.1) is 0 Å². The van der Waals surface area contributed by atoms with Gasteiger partial charge in [0.05, 0.1) is 25.7 Å². The quantitative estimate of drug-likeness (QED) is 0.617. The van der Waals surface area contributed by atoms with Crippen molar-refractivity contribution in [2.45, 2.75) is 33.1 Å². The molecule has 1 aromatic heterocycles. The van der Waals surface area contributed by atoms with Crippen molar-refractivity contribution in [2.75, 3.05) is 38.3 Å². The summed E-state index contributed by atoms with van der Waals surface area (Å²) in [5, 5.41) is 0.562. The van der Waals surface area contributed by atoms with Gasteiger partial charge in [0.1, 0.15) is 5.58 Å². The van der Waals surface area contributed by atoms with Crippen molar-refractivity contribution in [2.24, 2.45) is 0 Å². The van der Waals surface area contributed by atoms with Crippen molar-refractivity contribution in [3.8, 4) is 16.9 Å². The minimum Gasteiger partial charge on any atom is -0.488 e. The largest absolute Gasteiger partial charge is 0.488 e. The molecule has 0 radical (unpaired) electrons. The van der Waals surface area contributed by atoms with Crippen LogP contribution >= 0.6 is 0 Å². The predicted molar refractivity (Wildman–Crippen MR) is 121 cm³/mol. The Labute approximate surface area is 177 Å². The van der Waals surface area contributed by atoms with Crippen LogP contribution in [0.3, 0.4) is 0 Å². The third kappa shape index (κ3) is 3.58. The lowest BCUT2D eigenvalue weighted by Crippen LogP contribution is -2.37. The first kappa shape index (κ1) is 20.5. The molecule has 2 heterocycles. The number of methoxy groups -OCH3 is 1. The first-order valence-corrected chi connectivity index (χ1v) is 10.4. The molecule has 1 aliphatic heterocycles. The fourth-order valence-corrected chi connectivity index (χ4v) is 3.94. The van der Waals surface area contributed by atoms with E-state index in [9.17, 15) is 4.79 Å². The number of aryl methyl sites for hydroxylation is 1. The summed E-state index contributed by atoms with van der Waals surface area (Å²) in [6, 6.07) is 12.4. The van der Waals surface area contributed by atoms with Gasteiger partial charge < -0.3 is 18.8 Å². The summed E-state index contributed by atoms with van der Waals surface area (Å²) >= 11 is 0. The molecular formula is C25H29NO4. The number of hydrogen-bond acceptors (Lipinski definition) is 5. The van der Waals surface area contributed by atoms with E-state index in [2.05, 4.69) is 45.0 Å². The molecule has 0 amide bonds. The fraction of sp³-hybridized carbons (Fsp3) is 0.400. The monoisotopic (exact) mass is 407 g/mol. The lowest BCUT2D eigenvalue weighted by atomic mass is 9.86. The molecule has 0 atom stereocenters. The van der Waals surface area contributed by atoms with Gasteiger partial charge in [-0.2, -0.15) is 0 Å². The fourth-order valence-electron chi connectivity index (χ4n) is 3.94. The lowest BCUT2D eigenvalue weighted by molar-refractivity contribution is 0.120. The Morgan fingerprint density at radius 2 is 1.67 bits per heavy atom. The van der Waals surface area contributed by atoms with Gasteiger partial charge in [-0.1, -0.05) is 57.2 Å². The van der Waals surface area contributed by atoms with E-state index in [1.54, 1.807) is 0 Å². The van der Waals surface area contributed by atoms with Crippen molar-refractivity contribution in [1.82, 2.24) is 0 Å². The maximum absolute atomic E-state index is 13.6. The van der Waals surface area contributed by atoms with E-state index in [1.807, 2.05) is 24.0 Å². The zero-order valence-electron chi connectivity index (χ0n) is 18.4. The first-order chi connectivity index (χ1) is 14.3. The van der Waals surface area contributed by atoms with Gasteiger partial charge in [0.15, 0.2) is 0 Å². The van der Waals surface area contributed by atoms with Gasteiger partial charge in [0.2, 0.25) is 17.1 Å². The molecule has 0 N–H and O–H groups in total. The molecule has 1 fully saturated rings. The first-order valence-electron chi connectivity index (χ1n) is 10.4. The summed E-state index contributed by atoms with van der Waals surface area (Å²) in [5.41, 5.74) is 4.57. The molecule has 3 aromatic rings. The van der Waals surface area contributed by atoms with Crippen molar-refractivity contribution in [3.63, 3.8) is 0 Å². The van der Waals surface area contributed by atoms with Crippen molar-refractivity contribution < 1.29 is 13.9 Å². The molecule has 4 rings (SSSR count). The molecular weight excluding hydrogens is 378 g/mol. The van der Waals surface area contributed by atoms with Gasteiger partial charge in [0.25, 0.3) is 0 Å². The van der Waals surface area contributed by atoms with E-state index >= 15 is 0 Å². The van der Waals surface area contributed by atoms with Crippen molar-refractivity contribution in [1.29, 1.82) is 0 Å². The Bertz CT molecular complexity index is 1120. The van der Waals surface area contributed by atoms with E-state index < -0.39 is 0 Å². The smallest absolute Gasteiger partial charge is 0.243 e. The SMILES string of the molecule is COc1c(N2CCOCC2)oc2c(C)ccc(-c3ccc(C(C)(C)C)cc3)c2c1=O. The Balaban J connectivity index is 1.92. The van der Waals surface area contributed by atoms with Crippen LogP contribution in [0.15, 0.2) is 45.6 Å². The molecule has 30 heavy (non-hydrogen) atoms. The summed E-state index contributed by atoms with van der Waals surface area (Å²) in [6.07, 6.45) is 0. The summed E-state index contributed by atoms with van der Waals surface area (Å²) in [6.45, 7) is 11.1. The summed E-state index contributed by atoms with van der Waals surface area (Å²) in [7, 11) is 1.52. The zero-order valence-corrected chi connectivity index (χ0v) is 18.4. The van der Waals surface area contributed by atoms with Crippen LogP contribution in [0.4, 0.5) is 5.88 Å². The van der Waals surface area contributed by atoms with Crippen molar-refractivity contribution in [3.05, 3.63) is 57.7 Å². The highest BCUT2D eigenvalue weighted by molar-refractivity contribution is 5.96. The number of rotatable bonds is 3. The van der Waals surface area contributed by atoms with Gasteiger partial charge in [0, 0.05) is 13.1 Å². The maximum Gasteiger partial charge on any atom is 0.243 e. The van der Waals surface area contributed by atoms with Crippen molar-refractivity contribution >= 4 is 16.9 Å². The van der Waals surface area contributed by atoms with E-state index in [-0.39, 0.29) is 16.6 Å². The van der Waals surface area contributed by atoms with Gasteiger partial charge in [-0.25, -0.2) is 0 Å². The molecule has 0 aliphatic carbocycles. The van der Waals surface area contributed by atoms with Crippen LogP contribution < -0.4 is 15.1 Å². The Morgan fingerprint density at radius 3 is 2.27 bits per heavy atom. The highest BCUT2D eigenvalue weighted by Gasteiger charge is 2.25. The molecule has 2 aromatic carbocycles. The second-order valence-corrected chi connectivity index (χ2v) is 8.83. The van der Waals surface area contributed by atoms with E-state index in [4.69, 9.17) is 13.9 Å². The number of hydrogen-bond donors (Lipinski definition) is 0. The van der Waals surface area contributed by atoms with Crippen LogP contribution in [0, 0.1) is 6.92 Å². The van der Waals surface area contributed by atoms with E-state index in [1.165, 1.54) is 12.7 Å². The standard InChI is InChI=1S/C25H29NO4/c1-16-6-11-19(17-7-9-18(10-8-17)25(2,3)4)20-21(27)23(28-5)24(30-22(16)20)26-12-14-29-15-13-26/h6-11H,12-15H2,1-5H3. The summed E-state index contributed by atoms with van der Waals surface area (Å²) < 4.78 is 17.3. The number of nitrogens with zero attached hydrogens (tertiary/aromatic N) is 1. The number of anilines is 1. The Morgan fingerprint density at radius 1 is 1.00 bits per heavy atom. The predicted octanol–water partition coefficient (Wildman–Crippen LogP) is 4.91. The van der Waals surface area contributed by atoms with E-state index in [0.29, 0.717) is 43.2 Å². The van der Waals surface area contributed by atoms with Crippen LogP contribution in [0.1, 0.15) is 31.9 Å². The van der Waals surface area contributed by atoms with Crippen LogP contribution in [-0.2, 0) is 10.2 Å². The minimum atomic E-state index is -0.140. The summed E-state index contributed by atoms with van der Waals surface area (Å²) in [4.78, 5) is 15.6. The van der Waals surface area contributed by atoms with Crippen LogP contribution in [-0.4, -0.2) is 33.4 Å². The molecule has 0 bridgehead atoms. The highest BCUT2D eigenvalue weighted by Crippen LogP contribution is 2.36. The third-order valence-corrected chi connectivity index (χ3v) is 5.75. The number of benzene rings is 2. The second-order valence-electron chi connectivity index (χ2n) is 8.83. The maximum atomic E-state index is 13.6. The molecule has 0 spiro atoms.